The lowest BCUT2D eigenvalue weighted by Crippen LogP contribution is -2.43. The summed E-state index contributed by atoms with van der Waals surface area (Å²) in [6.45, 7) is 14.3. The van der Waals surface area contributed by atoms with Gasteiger partial charge in [-0.3, -0.25) is 4.90 Å². The van der Waals surface area contributed by atoms with Gasteiger partial charge in [-0.25, -0.2) is 4.39 Å². The predicted molar refractivity (Wildman–Crippen MR) is 158 cm³/mol. The Hall–Kier alpha value is -1.73. The number of nitrogens with zero attached hydrogens (tertiary/aromatic N) is 2. The van der Waals surface area contributed by atoms with E-state index in [0.29, 0.717) is 37.7 Å². The van der Waals surface area contributed by atoms with Crippen LogP contribution in [-0.2, 0) is 16.0 Å². The minimum atomic E-state index is -0.588. The summed E-state index contributed by atoms with van der Waals surface area (Å²) in [4.78, 5) is 4.57. The summed E-state index contributed by atoms with van der Waals surface area (Å²) in [5.74, 6) is 2.18. The smallest absolute Gasteiger partial charge is 0.123 e. The molecule has 39 heavy (non-hydrogen) atoms. The molecule has 6 atom stereocenters. The Morgan fingerprint density at radius 1 is 1.10 bits per heavy atom. The fraction of sp³-hybridized carbons (Fsp3) is 0.697. The number of benzene rings is 1. The molecule has 0 amide bonds. The highest BCUT2D eigenvalue weighted by atomic mass is 19.1. The molecule has 1 aliphatic heterocycles. The van der Waals surface area contributed by atoms with Gasteiger partial charge in [-0.2, -0.15) is 0 Å². The van der Waals surface area contributed by atoms with Crippen LogP contribution >= 0.6 is 0 Å². The van der Waals surface area contributed by atoms with Crippen LogP contribution in [0.3, 0.4) is 0 Å². The second-order valence-electron chi connectivity index (χ2n) is 12.6. The molecular weight excluding hydrogens is 491 g/mol. The number of hydrogen-bond acceptors (Lipinski definition) is 5. The molecule has 6 unspecified atom stereocenters. The SMILES string of the molecule is CC(C)COC1=CCC(CC(O)N(Cc2ccc(F)cc2)C(C)CCN(C)CCC2CC(C)CC(C)O2)C=C1. The van der Waals surface area contributed by atoms with E-state index < -0.39 is 6.23 Å². The largest absolute Gasteiger partial charge is 0.494 e. The Labute approximate surface area is 237 Å². The van der Waals surface area contributed by atoms with Gasteiger partial charge in [-0.15, -0.1) is 0 Å². The molecule has 1 heterocycles. The van der Waals surface area contributed by atoms with Crippen molar-refractivity contribution in [1.29, 1.82) is 0 Å². The lowest BCUT2D eigenvalue weighted by atomic mass is 9.92. The van der Waals surface area contributed by atoms with E-state index in [1.54, 1.807) is 0 Å². The van der Waals surface area contributed by atoms with E-state index >= 15 is 0 Å². The Morgan fingerprint density at radius 3 is 2.49 bits per heavy atom. The first-order valence-electron chi connectivity index (χ1n) is 15.1. The number of hydrogen-bond donors (Lipinski definition) is 1. The summed E-state index contributed by atoms with van der Waals surface area (Å²) in [5, 5.41) is 11.4. The normalized spacial score (nSPS) is 25.3. The van der Waals surface area contributed by atoms with Gasteiger partial charge in [-0.05, 0) is 114 Å². The molecule has 0 spiro atoms. The molecule has 1 aromatic carbocycles. The standard InChI is InChI=1S/C33H53FN2O3/c1-24(2)23-38-31-13-9-28(10-14-31)21-33(37)36(22-29-7-11-30(34)12-8-29)26(4)15-17-35(6)18-16-32-20-25(3)19-27(5)39-32/h7-9,11-14,24-28,32-33,37H,10,15-23H2,1-6H3. The minimum Gasteiger partial charge on any atom is -0.494 e. The second kappa shape index (κ2) is 15.9. The maximum absolute atomic E-state index is 13.5. The Balaban J connectivity index is 1.53. The first-order valence-corrected chi connectivity index (χ1v) is 15.1. The van der Waals surface area contributed by atoms with Gasteiger partial charge in [-0.1, -0.05) is 39.0 Å². The van der Waals surface area contributed by atoms with Crippen LogP contribution in [-0.4, -0.2) is 66.1 Å². The summed E-state index contributed by atoms with van der Waals surface area (Å²) in [5.41, 5.74) is 1.01. The van der Waals surface area contributed by atoms with Crippen LogP contribution in [0.5, 0.6) is 0 Å². The van der Waals surface area contributed by atoms with Gasteiger partial charge in [0.2, 0.25) is 0 Å². The molecule has 1 aliphatic carbocycles. The summed E-state index contributed by atoms with van der Waals surface area (Å²) in [6.07, 6.45) is 12.3. The molecule has 1 fully saturated rings. The van der Waals surface area contributed by atoms with Crippen LogP contribution in [0.15, 0.2) is 48.3 Å². The molecule has 0 saturated carbocycles. The van der Waals surface area contributed by atoms with E-state index in [2.05, 4.69) is 63.6 Å². The topological polar surface area (TPSA) is 45.2 Å². The van der Waals surface area contributed by atoms with Crippen LogP contribution in [0.4, 0.5) is 4.39 Å². The van der Waals surface area contributed by atoms with Gasteiger partial charge >= 0.3 is 0 Å². The molecule has 0 bridgehead atoms. The predicted octanol–water partition coefficient (Wildman–Crippen LogP) is 6.77. The summed E-state index contributed by atoms with van der Waals surface area (Å²) < 4.78 is 25.6. The first kappa shape index (κ1) is 31.8. The fourth-order valence-electron chi connectivity index (χ4n) is 5.74. The van der Waals surface area contributed by atoms with Crippen LogP contribution in [0.1, 0.15) is 78.7 Å². The average molecular weight is 545 g/mol. The zero-order valence-electron chi connectivity index (χ0n) is 25.2. The van der Waals surface area contributed by atoms with Crippen LogP contribution in [0, 0.1) is 23.6 Å². The molecule has 0 radical (unpaired) electrons. The van der Waals surface area contributed by atoms with Crippen molar-refractivity contribution < 1.29 is 19.0 Å². The van der Waals surface area contributed by atoms with Crippen molar-refractivity contribution in [3.63, 3.8) is 0 Å². The van der Waals surface area contributed by atoms with Gasteiger partial charge in [0.25, 0.3) is 0 Å². The van der Waals surface area contributed by atoms with Gasteiger partial charge in [0.05, 0.1) is 18.8 Å². The quantitative estimate of drug-likeness (QED) is 0.247. The van der Waals surface area contributed by atoms with E-state index in [4.69, 9.17) is 9.47 Å². The monoisotopic (exact) mass is 544 g/mol. The number of allylic oxidation sites excluding steroid dienone is 3. The van der Waals surface area contributed by atoms with Crippen molar-refractivity contribution >= 4 is 0 Å². The minimum absolute atomic E-state index is 0.173. The van der Waals surface area contributed by atoms with Crippen LogP contribution in [0.2, 0.25) is 0 Å². The van der Waals surface area contributed by atoms with Gasteiger partial charge < -0.3 is 19.5 Å². The van der Waals surface area contributed by atoms with Crippen molar-refractivity contribution in [2.24, 2.45) is 17.8 Å². The number of aliphatic hydroxyl groups excluding tert-OH is 1. The van der Waals surface area contributed by atoms with E-state index in [1.165, 1.54) is 12.1 Å². The van der Waals surface area contributed by atoms with E-state index in [9.17, 15) is 9.50 Å². The van der Waals surface area contributed by atoms with Gasteiger partial charge in [0, 0.05) is 19.1 Å². The second-order valence-corrected chi connectivity index (χ2v) is 12.6. The van der Waals surface area contributed by atoms with Crippen molar-refractivity contribution in [2.45, 2.75) is 104 Å². The van der Waals surface area contributed by atoms with E-state index in [0.717, 1.165) is 62.4 Å². The maximum Gasteiger partial charge on any atom is 0.123 e. The number of halogens is 1. The number of rotatable bonds is 15. The highest BCUT2D eigenvalue weighted by Gasteiger charge is 2.26. The number of ether oxygens (including phenoxy) is 2. The highest BCUT2D eigenvalue weighted by molar-refractivity contribution is 5.19. The Kier molecular flexibility index (Phi) is 13.0. The number of aliphatic hydroxyl groups is 1. The molecule has 1 aromatic rings. The molecule has 220 valence electrons. The zero-order chi connectivity index (χ0) is 28.4. The molecular formula is C33H53FN2O3. The van der Waals surface area contributed by atoms with Crippen molar-refractivity contribution in [3.8, 4) is 0 Å². The zero-order valence-corrected chi connectivity index (χ0v) is 25.2. The summed E-state index contributed by atoms with van der Waals surface area (Å²) in [6, 6.07) is 6.82. The van der Waals surface area contributed by atoms with Crippen LogP contribution < -0.4 is 0 Å². The average Bonchev–Trinajstić information content (AvgIpc) is 2.89. The van der Waals surface area contributed by atoms with Crippen molar-refractivity contribution in [2.75, 3.05) is 26.7 Å². The summed E-state index contributed by atoms with van der Waals surface area (Å²) in [7, 11) is 2.18. The van der Waals surface area contributed by atoms with Crippen molar-refractivity contribution in [3.05, 3.63) is 59.6 Å². The Morgan fingerprint density at radius 2 is 1.85 bits per heavy atom. The van der Waals surface area contributed by atoms with E-state index in [1.807, 2.05) is 18.2 Å². The third kappa shape index (κ3) is 11.3. The molecule has 2 aliphatic rings. The Bertz CT molecular complexity index is 893. The summed E-state index contributed by atoms with van der Waals surface area (Å²) >= 11 is 0. The maximum atomic E-state index is 13.5. The van der Waals surface area contributed by atoms with Crippen molar-refractivity contribution in [1.82, 2.24) is 9.80 Å². The van der Waals surface area contributed by atoms with Crippen LogP contribution in [0.25, 0.3) is 0 Å². The molecule has 1 N–H and O–H groups in total. The first-order chi connectivity index (χ1) is 18.6. The molecule has 6 heteroatoms. The van der Waals surface area contributed by atoms with Gasteiger partial charge in [0.15, 0.2) is 0 Å². The highest BCUT2D eigenvalue weighted by Crippen LogP contribution is 2.27. The molecule has 1 saturated heterocycles. The van der Waals surface area contributed by atoms with Gasteiger partial charge in [0.1, 0.15) is 17.8 Å². The molecule has 0 aromatic heterocycles. The fourth-order valence-corrected chi connectivity index (χ4v) is 5.74. The van der Waals surface area contributed by atoms with E-state index in [-0.39, 0.29) is 17.8 Å². The molecule has 3 rings (SSSR count). The third-order valence-corrected chi connectivity index (χ3v) is 8.06. The lowest BCUT2D eigenvalue weighted by Gasteiger charge is -2.36. The molecule has 5 nitrogen and oxygen atoms in total. The third-order valence-electron chi connectivity index (χ3n) is 8.06. The lowest BCUT2D eigenvalue weighted by molar-refractivity contribution is -0.0645.